The number of carbonyl (C=O) groups excluding carboxylic acids is 1. The summed E-state index contributed by atoms with van der Waals surface area (Å²) >= 11 is 0. The van der Waals surface area contributed by atoms with Crippen LogP contribution in [-0.2, 0) is 20.1 Å². The number of ketones is 1. The molecule has 1 unspecified atom stereocenters. The molecule has 0 aromatic heterocycles. The maximum atomic E-state index is 12.2. The number of unbranched alkanes of at least 4 members (excludes halogenated alkanes) is 1. The van der Waals surface area contributed by atoms with Gasteiger partial charge in [-0.3, -0.25) is 4.79 Å². The van der Waals surface area contributed by atoms with E-state index in [1.54, 1.807) is 18.2 Å². The molecular weight excluding hydrogens is 244 g/mol. The Bertz CT molecular complexity index is 507. The molecule has 0 saturated heterocycles. The van der Waals surface area contributed by atoms with E-state index >= 15 is 0 Å². The van der Waals surface area contributed by atoms with E-state index in [9.17, 15) is 9.90 Å². The summed E-state index contributed by atoms with van der Waals surface area (Å²) in [6.45, 7) is 2.07. The van der Waals surface area contributed by atoms with Crippen molar-refractivity contribution >= 4 is 5.78 Å². The number of phenols is 1. The van der Waals surface area contributed by atoms with E-state index in [1.165, 1.54) is 19.3 Å². The first-order chi connectivity index (χ1) is 9.14. The van der Waals surface area contributed by atoms with Gasteiger partial charge in [0.05, 0.1) is 5.56 Å². The zero-order valence-corrected chi connectivity index (χ0v) is 11.2. The van der Waals surface area contributed by atoms with Crippen molar-refractivity contribution in [2.45, 2.75) is 32.0 Å². The van der Waals surface area contributed by atoms with E-state index in [1.807, 2.05) is 0 Å². The molecule has 102 valence electrons. The van der Waals surface area contributed by atoms with E-state index in [0.29, 0.717) is 17.7 Å². The van der Waals surface area contributed by atoms with E-state index in [0.717, 1.165) is 12.8 Å². The number of ether oxygens (including phenoxy) is 2. The second kappa shape index (κ2) is 5.45. The van der Waals surface area contributed by atoms with Gasteiger partial charge in [-0.1, -0.05) is 25.5 Å². The molecule has 0 aliphatic carbocycles. The number of hydrogen-bond acceptors (Lipinski definition) is 4. The molecule has 1 aliphatic rings. The summed E-state index contributed by atoms with van der Waals surface area (Å²) in [5.74, 6) is -1.23. The number of rotatable bonds is 5. The lowest BCUT2D eigenvalue weighted by molar-refractivity contribution is -0.197. The van der Waals surface area contributed by atoms with Crippen molar-refractivity contribution in [1.82, 2.24) is 0 Å². The lowest BCUT2D eigenvalue weighted by Crippen LogP contribution is -2.35. The van der Waals surface area contributed by atoms with E-state index in [4.69, 9.17) is 9.47 Å². The first-order valence-electron chi connectivity index (χ1n) is 6.41. The molecule has 0 amide bonds. The third-order valence-electron chi connectivity index (χ3n) is 3.21. The van der Waals surface area contributed by atoms with Gasteiger partial charge in [0.25, 0.3) is 0 Å². The van der Waals surface area contributed by atoms with Crippen LogP contribution in [0.3, 0.4) is 0 Å². The number of para-hydroxylation sites is 1. The molecule has 0 radical (unpaired) electrons. The molecule has 0 bridgehead atoms. The van der Waals surface area contributed by atoms with Crippen LogP contribution < -0.4 is 0 Å². The van der Waals surface area contributed by atoms with Crippen molar-refractivity contribution in [2.75, 3.05) is 7.11 Å². The lowest BCUT2D eigenvalue weighted by atomic mass is 10.0. The average Bonchev–Trinajstić information content (AvgIpc) is 2.74. The van der Waals surface area contributed by atoms with Crippen LogP contribution >= 0.6 is 0 Å². The SMILES string of the molecule is CCCCC1=CC(=O)C(OC)(c2ccccc2O)O1. The molecular formula is C15H18O4. The monoisotopic (exact) mass is 262 g/mol. The normalized spacial score (nSPS) is 22.2. The summed E-state index contributed by atoms with van der Waals surface area (Å²) in [4.78, 5) is 12.2. The Morgan fingerprint density at radius 2 is 2.11 bits per heavy atom. The highest BCUT2D eigenvalue weighted by atomic mass is 16.7. The van der Waals surface area contributed by atoms with Crippen LogP contribution in [0.25, 0.3) is 0 Å². The number of methoxy groups -OCH3 is 1. The number of benzene rings is 1. The second-order valence-electron chi connectivity index (χ2n) is 4.52. The minimum absolute atomic E-state index is 0.0113. The fraction of sp³-hybridized carbons (Fsp3) is 0.400. The highest BCUT2D eigenvalue weighted by Crippen LogP contribution is 2.40. The Hall–Kier alpha value is -1.81. The van der Waals surface area contributed by atoms with Crippen molar-refractivity contribution in [2.24, 2.45) is 0 Å². The number of aromatic hydroxyl groups is 1. The van der Waals surface area contributed by atoms with Crippen LogP contribution in [0.5, 0.6) is 5.75 Å². The molecule has 0 saturated carbocycles. The van der Waals surface area contributed by atoms with E-state index in [2.05, 4.69) is 6.92 Å². The Morgan fingerprint density at radius 1 is 1.37 bits per heavy atom. The van der Waals surface area contributed by atoms with Crippen molar-refractivity contribution in [1.29, 1.82) is 0 Å². The van der Waals surface area contributed by atoms with Crippen molar-refractivity contribution < 1.29 is 19.4 Å². The fourth-order valence-electron chi connectivity index (χ4n) is 2.17. The van der Waals surface area contributed by atoms with Gasteiger partial charge in [0.1, 0.15) is 11.5 Å². The van der Waals surface area contributed by atoms with Crippen LogP contribution in [0.1, 0.15) is 31.7 Å². The maximum Gasteiger partial charge on any atom is 0.305 e. The molecule has 0 spiro atoms. The van der Waals surface area contributed by atoms with Crippen molar-refractivity contribution in [3.63, 3.8) is 0 Å². The Balaban J connectivity index is 2.32. The van der Waals surface area contributed by atoms with Gasteiger partial charge in [-0.15, -0.1) is 0 Å². The summed E-state index contributed by atoms with van der Waals surface area (Å²) in [6.07, 6.45) is 4.12. The summed E-state index contributed by atoms with van der Waals surface area (Å²) in [5.41, 5.74) is 0.338. The summed E-state index contributed by atoms with van der Waals surface area (Å²) in [5, 5.41) is 9.91. The Morgan fingerprint density at radius 3 is 2.74 bits per heavy atom. The largest absolute Gasteiger partial charge is 0.507 e. The fourth-order valence-corrected chi connectivity index (χ4v) is 2.17. The van der Waals surface area contributed by atoms with Crippen LogP contribution in [0.2, 0.25) is 0 Å². The number of allylic oxidation sites excluding steroid dienone is 1. The van der Waals surface area contributed by atoms with Gasteiger partial charge < -0.3 is 14.6 Å². The second-order valence-corrected chi connectivity index (χ2v) is 4.52. The molecule has 1 N–H and O–H groups in total. The first-order valence-corrected chi connectivity index (χ1v) is 6.41. The Labute approximate surface area is 112 Å². The average molecular weight is 262 g/mol. The maximum absolute atomic E-state index is 12.2. The molecule has 1 aromatic rings. The standard InChI is InChI=1S/C15H18O4/c1-3-4-7-11-10-14(17)15(18-2,19-11)12-8-5-6-9-13(12)16/h5-6,8-10,16H,3-4,7H2,1-2H3. The van der Waals surface area contributed by atoms with Crippen LogP contribution in [0.4, 0.5) is 0 Å². The van der Waals surface area contributed by atoms with Crippen molar-refractivity contribution in [3.05, 3.63) is 41.7 Å². The molecule has 4 nitrogen and oxygen atoms in total. The van der Waals surface area contributed by atoms with Crippen molar-refractivity contribution in [3.8, 4) is 5.75 Å². The van der Waals surface area contributed by atoms with Gasteiger partial charge in [-0.2, -0.15) is 0 Å². The number of carbonyl (C=O) groups is 1. The molecule has 4 heteroatoms. The molecule has 1 atom stereocenters. The Kier molecular flexibility index (Phi) is 3.90. The molecule has 1 heterocycles. The number of hydrogen-bond donors (Lipinski definition) is 1. The smallest absolute Gasteiger partial charge is 0.305 e. The predicted molar refractivity (Wildman–Crippen MR) is 70.5 cm³/mol. The topological polar surface area (TPSA) is 55.8 Å². The minimum Gasteiger partial charge on any atom is -0.507 e. The molecule has 0 fully saturated rings. The quantitative estimate of drug-likeness (QED) is 0.886. The van der Waals surface area contributed by atoms with Gasteiger partial charge in [0, 0.05) is 19.6 Å². The van der Waals surface area contributed by atoms with Gasteiger partial charge in [0.2, 0.25) is 5.78 Å². The zero-order valence-electron chi connectivity index (χ0n) is 11.2. The third kappa shape index (κ3) is 2.36. The molecule has 1 aliphatic heterocycles. The van der Waals surface area contributed by atoms with Crippen LogP contribution in [-0.4, -0.2) is 18.0 Å². The third-order valence-corrected chi connectivity index (χ3v) is 3.21. The van der Waals surface area contributed by atoms with E-state index < -0.39 is 5.79 Å². The van der Waals surface area contributed by atoms with Gasteiger partial charge in [-0.25, -0.2) is 0 Å². The summed E-state index contributed by atoms with van der Waals surface area (Å²) < 4.78 is 11.0. The molecule has 2 rings (SSSR count). The predicted octanol–water partition coefficient (Wildman–Crippen LogP) is 2.86. The van der Waals surface area contributed by atoms with Gasteiger partial charge in [-0.05, 0) is 18.6 Å². The highest BCUT2D eigenvalue weighted by Gasteiger charge is 2.48. The summed E-state index contributed by atoms with van der Waals surface area (Å²) in [7, 11) is 1.40. The summed E-state index contributed by atoms with van der Waals surface area (Å²) in [6, 6.07) is 6.56. The van der Waals surface area contributed by atoms with E-state index in [-0.39, 0.29) is 11.5 Å². The highest BCUT2D eigenvalue weighted by molar-refractivity contribution is 5.99. The molecule has 19 heavy (non-hydrogen) atoms. The van der Waals surface area contributed by atoms with Crippen LogP contribution in [0.15, 0.2) is 36.1 Å². The lowest BCUT2D eigenvalue weighted by Gasteiger charge is -2.27. The van der Waals surface area contributed by atoms with Crippen LogP contribution in [0, 0.1) is 0 Å². The van der Waals surface area contributed by atoms with Gasteiger partial charge in [0.15, 0.2) is 0 Å². The van der Waals surface area contributed by atoms with Gasteiger partial charge >= 0.3 is 5.79 Å². The molecule has 1 aromatic carbocycles. The zero-order chi connectivity index (χ0) is 13.9. The minimum atomic E-state index is -1.53. The first kappa shape index (κ1) is 13.6. The number of phenolic OH excluding ortho intramolecular Hbond substituents is 1.